The second-order valence-corrected chi connectivity index (χ2v) is 2.27. The van der Waals surface area contributed by atoms with Crippen LogP contribution in [-0.4, -0.2) is 24.3 Å². The molecule has 0 aromatic rings. The minimum atomic E-state index is -0.476. The van der Waals surface area contributed by atoms with Gasteiger partial charge in [0.05, 0.1) is 5.57 Å². The highest BCUT2D eigenvalue weighted by molar-refractivity contribution is 6.02. The monoisotopic (exact) mass is 177 g/mol. The molecule has 0 aliphatic carbocycles. The Morgan fingerprint density at radius 2 is 2.15 bits per heavy atom. The minimum Gasteiger partial charge on any atom is -0.284 e. The Labute approximate surface area is 77.7 Å². The van der Waals surface area contributed by atoms with E-state index in [2.05, 4.69) is 5.92 Å². The Morgan fingerprint density at radius 3 is 2.54 bits per heavy atom. The van der Waals surface area contributed by atoms with Gasteiger partial charge < -0.3 is 0 Å². The average Bonchev–Trinajstić information content (AvgIpc) is 2.17. The molecule has 0 aliphatic rings. The third-order valence-electron chi connectivity index (χ3n) is 1.32. The van der Waals surface area contributed by atoms with E-state index in [4.69, 9.17) is 6.42 Å². The van der Waals surface area contributed by atoms with E-state index >= 15 is 0 Å². The van der Waals surface area contributed by atoms with Crippen molar-refractivity contribution in [3.8, 4) is 12.3 Å². The molecule has 0 bridgehead atoms. The van der Waals surface area contributed by atoms with Crippen LogP contribution in [0.15, 0.2) is 23.8 Å². The lowest BCUT2D eigenvalue weighted by Gasteiger charge is -2.06. The SMILES string of the molecule is C#C/C(=C\C=C/C)C(=O)N(C)C=O. The summed E-state index contributed by atoms with van der Waals surface area (Å²) in [5.41, 5.74) is 0.160. The molecule has 3 heteroatoms. The van der Waals surface area contributed by atoms with Gasteiger partial charge in [-0.15, -0.1) is 6.42 Å². The molecular formula is C10H11NO2. The molecule has 0 heterocycles. The summed E-state index contributed by atoms with van der Waals surface area (Å²) in [7, 11) is 1.36. The van der Waals surface area contributed by atoms with Crippen molar-refractivity contribution in [2.45, 2.75) is 6.92 Å². The Kier molecular flexibility index (Phi) is 4.97. The third kappa shape index (κ3) is 3.39. The number of hydrogen-bond donors (Lipinski definition) is 0. The van der Waals surface area contributed by atoms with Gasteiger partial charge in [-0.3, -0.25) is 14.5 Å². The van der Waals surface area contributed by atoms with Crippen LogP contribution < -0.4 is 0 Å². The third-order valence-corrected chi connectivity index (χ3v) is 1.32. The molecule has 0 radical (unpaired) electrons. The van der Waals surface area contributed by atoms with E-state index in [-0.39, 0.29) is 5.57 Å². The van der Waals surface area contributed by atoms with Crippen LogP contribution in [0, 0.1) is 12.3 Å². The van der Waals surface area contributed by atoms with Crippen LogP contribution in [0.3, 0.4) is 0 Å². The highest BCUT2D eigenvalue weighted by Crippen LogP contribution is 1.97. The van der Waals surface area contributed by atoms with Crippen LogP contribution in [0.5, 0.6) is 0 Å². The standard InChI is InChI=1S/C10H11NO2/c1-4-6-7-9(5-2)10(13)11(3)8-12/h2,4,6-8H,1,3H3/b6-4-,9-7+. The summed E-state index contributed by atoms with van der Waals surface area (Å²) in [5.74, 6) is 1.74. The van der Waals surface area contributed by atoms with Crippen molar-refractivity contribution in [2.24, 2.45) is 0 Å². The first-order valence-electron chi connectivity index (χ1n) is 3.69. The summed E-state index contributed by atoms with van der Waals surface area (Å²) in [6.45, 7) is 1.80. The van der Waals surface area contributed by atoms with Gasteiger partial charge in [-0.2, -0.15) is 0 Å². The lowest BCUT2D eigenvalue weighted by Crippen LogP contribution is -2.25. The predicted octanol–water partition coefficient (Wildman–Crippen LogP) is 0.737. The van der Waals surface area contributed by atoms with Gasteiger partial charge in [-0.25, -0.2) is 0 Å². The van der Waals surface area contributed by atoms with E-state index in [0.29, 0.717) is 6.41 Å². The zero-order valence-corrected chi connectivity index (χ0v) is 7.65. The molecule has 0 N–H and O–H groups in total. The number of carbonyl (C=O) groups excluding carboxylic acids is 2. The number of hydrogen-bond acceptors (Lipinski definition) is 2. The van der Waals surface area contributed by atoms with Crippen molar-refractivity contribution in [3.05, 3.63) is 23.8 Å². The average molecular weight is 177 g/mol. The van der Waals surface area contributed by atoms with E-state index in [9.17, 15) is 9.59 Å². The number of rotatable bonds is 3. The van der Waals surface area contributed by atoms with Gasteiger partial charge >= 0.3 is 0 Å². The summed E-state index contributed by atoms with van der Waals surface area (Å²) >= 11 is 0. The zero-order chi connectivity index (χ0) is 10.3. The molecular weight excluding hydrogens is 166 g/mol. The van der Waals surface area contributed by atoms with Crippen molar-refractivity contribution < 1.29 is 9.59 Å². The molecule has 0 spiro atoms. The Morgan fingerprint density at radius 1 is 1.54 bits per heavy atom. The van der Waals surface area contributed by atoms with Crippen molar-refractivity contribution in [3.63, 3.8) is 0 Å². The summed E-state index contributed by atoms with van der Waals surface area (Å²) < 4.78 is 0. The van der Waals surface area contributed by atoms with Crippen LogP contribution in [0.25, 0.3) is 0 Å². The van der Waals surface area contributed by atoms with E-state index in [1.807, 2.05) is 0 Å². The molecule has 0 aliphatic heterocycles. The fraction of sp³-hybridized carbons (Fsp3) is 0.200. The van der Waals surface area contributed by atoms with Crippen LogP contribution in [0.2, 0.25) is 0 Å². The molecule has 0 fully saturated rings. The molecule has 3 nitrogen and oxygen atoms in total. The first-order valence-corrected chi connectivity index (χ1v) is 3.69. The van der Waals surface area contributed by atoms with Crippen LogP contribution in [-0.2, 0) is 9.59 Å². The van der Waals surface area contributed by atoms with E-state index in [1.54, 1.807) is 19.1 Å². The number of nitrogens with zero attached hydrogens (tertiary/aromatic N) is 1. The summed E-state index contributed by atoms with van der Waals surface area (Å²) in [5, 5.41) is 0. The molecule has 0 unspecified atom stereocenters. The molecule has 0 rings (SSSR count). The fourth-order valence-electron chi connectivity index (χ4n) is 0.611. The summed E-state index contributed by atoms with van der Waals surface area (Å²) in [6, 6.07) is 0. The van der Waals surface area contributed by atoms with Gasteiger partial charge in [0.25, 0.3) is 5.91 Å². The molecule has 13 heavy (non-hydrogen) atoms. The largest absolute Gasteiger partial charge is 0.284 e. The van der Waals surface area contributed by atoms with Gasteiger partial charge in [0.15, 0.2) is 0 Å². The first-order chi connectivity index (χ1) is 6.17. The quantitative estimate of drug-likeness (QED) is 0.276. The van der Waals surface area contributed by atoms with E-state index in [0.717, 1.165) is 4.90 Å². The predicted molar refractivity (Wildman–Crippen MR) is 50.6 cm³/mol. The number of likely N-dealkylation sites (N-methyl/N-ethyl adjacent to an activating group) is 1. The van der Waals surface area contributed by atoms with Crippen molar-refractivity contribution >= 4 is 12.3 Å². The van der Waals surface area contributed by atoms with Gasteiger partial charge in [0.2, 0.25) is 6.41 Å². The smallest absolute Gasteiger partial charge is 0.268 e. The van der Waals surface area contributed by atoms with Crippen molar-refractivity contribution in [2.75, 3.05) is 7.05 Å². The van der Waals surface area contributed by atoms with Crippen molar-refractivity contribution in [1.82, 2.24) is 4.90 Å². The van der Waals surface area contributed by atoms with Gasteiger partial charge in [-0.1, -0.05) is 18.1 Å². The lowest BCUT2D eigenvalue weighted by molar-refractivity contribution is -0.133. The lowest BCUT2D eigenvalue weighted by atomic mass is 10.2. The molecule has 0 saturated heterocycles. The summed E-state index contributed by atoms with van der Waals surface area (Å²) in [4.78, 5) is 22.4. The molecule has 2 amide bonds. The van der Waals surface area contributed by atoms with E-state index in [1.165, 1.54) is 13.1 Å². The van der Waals surface area contributed by atoms with E-state index < -0.39 is 5.91 Å². The Balaban J connectivity index is 4.71. The Bertz CT molecular complexity index is 295. The maximum absolute atomic E-state index is 11.3. The summed E-state index contributed by atoms with van der Waals surface area (Å²) in [6.07, 6.45) is 10.4. The molecule has 0 aromatic carbocycles. The van der Waals surface area contributed by atoms with Crippen molar-refractivity contribution in [1.29, 1.82) is 0 Å². The van der Waals surface area contributed by atoms with Gasteiger partial charge in [0, 0.05) is 7.05 Å². The fourth-order valence-corrected chi connectivity index (χ4v) is 0.611. The first kappa shape index (κ1) is 11.2. The molecule has 0 atom stereocenters. The number of carbonyl (C=O) groups is 2. The second kappa shape index (κ2) is 5.78. The highest BCUT2D eigenvalue weighted by atomic mass is 16.2. The maximum atomic E-state index is 11.3. The second-order valence-electron chi connectivity index (χ2n) is 2.27. The molecule has 0 aromatic heterocycles. The molecule has 68 valence electrons. The number of amides is 2. The van der Waals surface area contributed by atoms with Crippen LogP contribution in [0.1, 0.15) is 6.92 Å². The zero-order valence-electron chi connectivity index (χ0n) is 7.65. The highest BCUT2D eigenvalue weighted by Gasteiger charge is 2.10. The van der Waals surface area contributed by atoms with Crippen LogP contribution >= 0.6 is 0 Å². The Hall–Kier alpha value is -1.82. The molecule has 0 saturated carbocycles. The van der Waals surface area contributed by atoms with Gasteiger partial charge in [-0.05, 0) is 13.0 Å². The van der Waals surface area contributed by atoms with Gasteiger partial charge in [0.1, 0.15) is 0 Å². The normalized spacial score (nSPS) is 11.0. The number of imide groups is 1. The number of allylic oxidation sites excluding steroid dienone is 3. The van der Waals surface area contributed by atoms with Crippen LogP contribution in [0.4, 0.5) is 0 Å². The minimum absolute atomic E-state index is 0.160. The maximum Gasteiger partial charge on any atom is 0.268 e. The number of terminal acetylenes is 1. The topological polar surface area (TPSA) is 37.4 Å².